The van der Waals surface area contributed by atoms with Crippen LogP contribution in [0.1, 0.15) is 79.8 Å². The van der Waals surface area contributed by atoms with Crippen molar-refractivity contribution in [2.75, 3.05) is 6.61 Å². The number of rotatable bonds is 13. The normalized spacial score (nSPS) is 11.0. The Labute approximate surface area is 175 Å². The predicted octanol–water partition coefficient (Wildman–Crippen LogP) is 6.28. The third-order valence-corrected chi connectivity index (χ3v) is 4.94. The van der Waals surface area contributed by atoms with E-state index in [4.69, 9.17) is 4.74 Å². The molecule has 156 valence electrons. The second kappa shape index (κ2) is 13.5. The molecule has 0 fully saturated rings. The summed E-state index contributed by atoms with van der Waals surface area (Å²) < 4.78 is 5.78. The third-order valence-electron chi connectivity index (χ3n) is 4.94. The van der Waals surface area contributed by atoms with Crippen LogP contribution in [0.4, 0.5) is 0 Å². The van der Waals surface area contributed by atoms with Gasteiger partial charge in [-0.3, -0.25) is 4.79 Å². The first-order valence-corrected chi connectivity index (χ1v) is 10.8. The van der Waals surface area contributed by atoms with Gasteiger partial charge in [0.1, 0.15) is 5.75 Å². The van der Waals surface area contributed by atoms with Gasteiger partial charge in [0.25, 0.3) is 5.91 Å². The number of nitrogens with one attached hydrogen (secondary N) is 1. The maximum absolute atomic E-state index is 12.2. The fourth-order valence-electron chi connectivity index (χ4n) is 3.09. The highest BCUT2D eigenvalue weighted by molar-refractivity contribution is 5.95. The monoisotopic (exact) mass is 394 g/mol. The number of hydrogen-bond donors (Lipinski definition) is 1. The van der Waals surface area contributed by atoms with Gasteiger partial charge in [-0.15, -0.1) is 0 Å². The molecule has 0 aliphatic carbocycles. The van der Waals surface area contributed by atoms with E-state index in [2.05, 4.69) is 17.5 Å². The second-order valence-corrected chi connectivity index (χ2v) is 7.40. The summed E-state index contributed by atoms with van der Waals surface area (Å²) in [5.41, 5.74) is 5.23. The molecule has 4 heteroatoms. The predicted molar refractivity (Wildman–Crippen MR) is 121 cm³/mol. The van der Waals surface area contributed by atoms with E-state index in [0.717, 1.165) is 29.9 Å². The SMILES string of the molecule is CCCCCCCCCCOc1ccc(C(=O)NN=Cc2ccccc2C)cc1. The number of nitrogens with zero attached hydrogens (tertiary/aromatic N) is 1. The number of unbranched alkanes of at least 4 members (excludes halogenated alkanes) is 7. The van der Waals surface area contributed by atoms with Gasteiger partial charge in [-0.25, -0.2) is 5.43 Å². The summed E-state index contributed by atoms with van der Waals surface area (Å²) in [6.07, 6.45) is 11.9. The summed E-state index contributed by atoms with van der Waals surface area (Å²) in [4.78, 5) is 12.2. The fraction of sp³-hybridized carbons (Fsp3) is 0.440. The molecule has 0 aliphatic heterocycles. The van der Waals surface area contributed by atoms with Crippen LogP contribution in [0.15, 0.2) is 53.6 Å². The van der Waals surface area contributed by atoms with Gasteiger partial charge in [0.15, 0.2) is 0 Å². The van der Waals surface area contributed by atoms with Gasteiger partial charge in [0.05, 0.1) is 12.8 Å². The van der Waals surface area contributed by atoms with Crippen LogP contribution in [0, 0.1) is 6.92 Å². The van der Waals surface area contributed by atoms with E-state index < -0.39 is 0 Å². The highest BCUT2D eigenvalue weighted by Gasteiger charge is 2.04. The molecule has 0 heterocycles. The number of benzene rings is 2. The molecule has 0 spiro atoms. The lowest BCUT2D eigenvalue weighted by Crippen LogP contribution is -2.17. The minimum Gasteiger partial charge on any atom is -0.494 e. The summed E-state index contributed by atoms with van der Waals surface area (Å²) in [6.45, 7) is 4.98. The number of amides is 1. The summed E-state index contributed by atoms with van der Waals surface area (Å²) in [5.74, 6) is 0.567. The molecule has 0 aromatic heterocycles. The molecule has 0 bridgehead atoms. The summed E-state index contributed by atoms with van der Waals surface area (Å²) in [7, 11) is 0. The molecular weight excluding hydrogens is 360 g/mol. The van der Waals surface area contributed by atoms with Crippen molar-refractivity contribution in [1.29, 1.82) is 0 Å². The Morgan fingerprint density at radius 1 is 0.931 bits per heavy atom. The molecule has 1 N–H and O–H groups in total. The largest absolute Gasteiger partial charge is 0.494 e. The van der Waals surface area contributed by atoms with Crippen molar-refractivity contribution in [3.05, 3.63) is 65.2 Å². The van der Waals surface area contributed by atoms with Gasteiger partial charge in [-0.1, -0.05) is 76.1 Å². The molecule has 0 radical (unpaired) electrons. The lowest BCUT2D eigenvalue weighted by atomic mass is 10.1. The van der Waals surface area contributed by atoms with Gasteiger partial charge >= 0.3 is 0 Å². The Bertz CT molecular complexity index is 754. The Morgan fingerprint density at radius 2 is 1.59 bits per heavy atom. The smallest absolute Gasteiger partial charge is 0.271 e. The lowest BCUT2D eigenvalue weighted by Gasteiger charge is -2.07. The van der Waals surface area contributed by atoms with Crippen molar-refractivity contribution >= 4 is 12.1 Å². The first-order valence-electron chi connectivity index (χ1n) is 10.8. The molecule has 0 saturated carbocycles. The Balaban J connectivity index is 1.65. The number of hydrazone groups is 1. The van der Waals surface area contributed by atoms with Crippen molar-refractivity contribution in [2.24, 2.45) is 5.10 Å². The zero-order valence-corrected chi connectivity index (χ0v) is 17.8. The molecule has 0 unspecified atom stereocenters. The molecule has 4 nitrogen and oxygen atoms in total. The van der Waals surface area contributed by atoms with Crippen molar-refractivity contribution < 1.29 is 9.53 Å². The first-order chi connectivity index (χ1) is 14.2. The van der Waals surface area contributed by atoms with Gasteiger partial charge in [0, 0.05) is 5.56 Å². The lowest BCUT2D eigenvalue weighted by molar-refractivity contribution is 0.0955. The quantitative estimate of drug-likeness (QED) is 0.247. The summed E-state index contributed by atoms with van der Waals surface area (Å²) in [6, 6.07) is 15.1. The minimum atomic E-state index is -0.232. The number of carbonyl (C=O) groups is 1. The van der Waals surface area contributed by atoms with Gasteiger partial charge in [-0.2, -0.15) is 5.10 Å². The number of ether oxygens (including phenoxy) is 1. The molecule has 1 amide bonds. The molecule has 2 aromatic carbocycles. The van der Waals surface area contributed by atoms with Gasteiger partial charge in [-0.05, 0) is 48.7 Å². The van der Waals surface area contributed by atoms with Crippen LogP contribution in [0.2, 0.25) is 0 Å². The van der Waals surface area contributed by atoms with Crippen molar-refractivity contribution in [3.8, 4) is 5.75 Å². The minimum absolute atomic E-state index is 0.232. The molecule has 29 heavy (non-hydrogen) atoms. The van der Waals surface area contributed by atoms with Crippen LogP contribution < -0.4 is 10.2 Å². The summed E-state index contributed by atoms with van der Waals surface area (Å²) >= 11 is 0. The van der Waals surface area contributed by atoms with Crippen LogP contribution >= 0.6 is 0 Å². The Hall–Kier alpha value is -2.62. The van der Waals surface area contributed by atoms with E-state index >= 15 is 0 Å². The number of hydrogen-bond acceptors (Lipinski definition) is 3. The third kappa shape index (κ3) is 8.95. The summed E-state index contributed by atoms with van der Waals surface area (Å²) in [5, 5.41) is 4.05. The van der Waals surface area contributed by atoms with E-state index in [1.807, 2.05) is 43.3 Å². The zero-order valence-electron chi connectivity index (χ0n) is 17.8. The zero-order chi connectivity index (χ0) is 20.7. The van der Waals surface area contributed by atoms with Crippen LogP contribution in [0.25, 0.3) is 0 Å². The maximum atomic E-state index is 12.2. The number of aryl methyl sites for hydroxylation is 1. The molecular formula is C25H34N2O2. The van der Waals surface area contributed by atoms with Gasteiger partial charge < -0.3 is 4.74 Å². The van der Waals surface area contributed by atoms with Gasteiger partial charge in [0.2, 0.25) is 0 Å². The van der Waals surface area contributed by atoms with E-state index in [1.165, 1.54) is 44.9 Å². The molecule has 2 rings (SSSR count). The number of carbonyl (C=O) groups excluding carboxylic acids is 1. The second-order valence-electron chi connectivity index (χ2n) is 7.40. The van der Waals surface area contributed by atoms with Crippen LogP contribution in [0.5, 0.6) is 5.75 Å². The molecule has 2 aromatic rings. The van der Waals surface area contributed by atoms with Crippen molar-refractivity contribution in [1.82, 2.24) is 5.43 Å². The van der Waals surface area contributed by atoms with E-state index in [9.17, 15) is 4.79 Å². The average molecular weight is 395 g/mol. The Morgan fingerprint density at radius 3 is 2.28 bits per heavy atom. The maximum Gasteiger partial charge on any atom is 0.271 e. The van der Waals surface area contributed by atoms with Crippen LogP contribution in [0.3, 0.4) is 0 Å². The average Bonchev–Trinajstić information content (AvgIpc) is 2.74. The molecule has 0 atom stereocenters. The first kappa shape index (κ1) is 22.7. The van der Waals surface area contributed by atoms with Crippen LogP contribution in [-0.4, -0.2) is 18.7 Å². The fourth-order valence-corrected chi connectivity index (χ4v) is 3.09. The van der Waals surface area contributed by atoms with E-state index in [1.54, 1.807) is 18.3 Å². The molecule has 0 saturated heterocycles. The molecule has 0 aliphatic rings. The van der Waals surface area contributed by atoms with Crippen LogP contribution in [-0.2, 0) is 0 Å². The van der Waals surface area contributed by atoms with E-state index in [0.29, 0.717) is 5.56 Å². The highest BCUT2D eigenvalue weighted by atomic mass is 16.5. The Kier molecular flexibility index (Phi) is 10.6. The van der Waals surface area contributed by atoms with Crippen molar-refractivity contribution in [2.45, 2.75) is 65.2 Å². The van der Waals surface area contributed by atoms with Crippen molar-refractivity contribution in [3.63, 3.8) is 0 Å². The standard InChI is InChI=1S/C25H34N2O2/c1-3-4-5-6-7-8-9-12-19-29-24-17-15-22(16-18-24)25(28)27-26-20-23-14-11-10-13-21(23)2/h10-11,13-18,20H,3-9,12,19H2,1-2H3,(H,27,28). The topological polar surface area (TPSA) is 50.7 Å². The van der Waals surface area contributed by atoms with E-state index in [-0.39, 0.29) is 5.91 Å². The highest BCUT2D eigenvalue weighted by Crippen LogP contribution is 2.14.